The van der Waals surface area contributed by atoms with Crippen molar-refractivity contribution in [1.82, 2.24) is 10.6 Å². The first kappa shape index (κ1) is 19.5. The first-order chi connectivity index (χ1) is 13.5. The van der Waals surface area contributed by atoms with E-state index in [1.807, 2.05) is 6.92 Å². The van der Waals surface area contributed by atoms with Crippen molar-refractivity contribution in [1.29, 1.82) is 0 Å². The summed E-state index contributed by atoms with van der Waals surface area (Å²) in [6.07, 6.45) is 1.44. The van der Waals surface area contributed by atoms with Crippen LogP contribution in [0, 0.1) is 5.82 Å². The van der Waals surface area contributed by atoms with Gasteiger partial charge in [-0.15, -0.1) is 0 Å². The number of carbonyl (C=O) groups is 2. The zero-order valence-electron chi connectivity index (χ0n) is 15.0. The van der Waals surface area contributed by atoms with E-state index in [0.717, 1.165) is 0 Å². The van der Waals surface area contributed by atoms with Gasteiger partial charge in [0, 0.05) is 0 Å². The highest BCUT2D eigenvalue weighted by Crippen LogP contribution is 2.30. The normalized spacial score (nSPS) is 13.6. The Hall–Kier alpha value is -3.26. The number of hydrogen-bond donors (Lipinski definition) is 2. The molecule has 2 aromatic rings. The number of ether oxygens (including phenoxy) is 2. The van der Waals surface area contributed by atoms with E-state index < -0.39 is 11.8 Å². The Bertz CT molecular complexity index is 952. The molecule has 144 valence electrons. The number of rotatable bonds is 6. The molecule has 8 heteroatoms. The van der Waals surface area contributed by atoms with Crippen LogP contribution in [0.15, 0.2) is 48.0 Å². The molecular weight excluding hydrogens is 383 g/mol. The lowest BCUT2D eigenvalue weighted by Gasteiger charge is -2.17. The van der Waals surface area contributed by atoms with Crippen molar-refractivity contribution >= 4 is 35.2 Å². The first-order valence-electron chi connectivity index (χ1n) is 8.48. The average Bonchev–Trinajstić information content (AvgIpc) is 2.64. The Kier molecular flexibility index (Phi) is 6.00. The maximum absolute atomic E-state index is 13.3. The largest absolute Gasteiger partial charge is 0.490 e. The number of amides is 2. The molecule has 0 atom stereocenters. The molecule has 0 spiro atoms. The molecule has 28 heavy (non-hydrogen) atoms. The second-order valence-electron chi connectivity index (χ2n) is 5.85. The van der Waals surface area contributed by atoms with E-state index >= 15 is 0 Å². The molecule has 0 unspecified atom stereocenters. The summed E-state index contributed by atoms with van der Waals surface area (Å²) >= 11 is 4.78. The molecule has 0 radical (unpaired) electrons. The molecule has 1 fully saturated rings. The van der Waals surface area contributed by atoms with Gasteiger partial charge in [-0.2, -0.15) is 0 Å². The van der Waals surface area contributed by atoms with E-state index in [9.17, 15) is 14.0 Å². The molecule has 0 aliphatic carbocycles. The van der Waals surface area contributed by atoms with E-state index in [1.165, 1.54) is 18.2 Å². The third-order valence-corrected chi connectivity index (χ3v) is 4.01. The monoisotopic (exact) mass is 400 g/mol. The molecule has 2 amide bonds. The highest BCUT2D eigenvalue weighted by Gasteiger charge is 2.25. The minimum absolute atomic E-state index is 0.0248. The molecule has 3 rings (SSSR count). The van der Waals surface area contributed by atoms with Gasteiger partial charge in [0.05, 0.1) is 6.61 Å². The second-order valence-corrected chi connectivity index (χ2v) is 6.26. The fraction of sp³-hybridized carbons (Fsp3) is 0.150. The molecule has 1 aliphatic heterocycles. The van der Waals surface area contributed by atoms with Crippen molar-refractivity contribution in [2.24, 2.45) is 0 Å². The van der Waals surface area contributed by atoms with E-state index in [4.69, 9.17) is 21.7 Å². The lowest BCUT2D eigenvalue weighted by Crippen LogP contribution is -2.51. The Labute approximate surface area is 166 Å². The highest BCUT2D eigenvalue weighted by atomic mass is 32.1. The summed E-state index contributed by atoms with van der Waals surface area (Å²) in [5.41, 5.74) is 1.19. The molecule has 2 aromatic carbocycles. The number of carbonyl (C=O) groups excluding carboxylic acids is 2. The lowest BCUT2D eigenvalue weighted by molar-refractivity contribution is -0.123. The van der Waals surface area contributed by atoms with Crippen molar-refractivity contribution < 1.29 is 23.5 Å². The maximum atomic E-state index is 13.3. The van der Waals surface area contributed by atoms with Gasteiger partial charge in [-0.25, -0.2) is 4.39 Å². The lowest BCUT2D eigenvalue weighted by atomic mass is 10.1. The van der Waals surface area contributed by atoms with E-state index in [-0.39, 0.29) is 23.1 Å². The molecular formula is C20H17FN2O4S. The summed E-state index contributed by atoms with van der Waals surface area (Å²) in [6, 6.07) is 11.1. The summed E-state index contributed by atoms with van der Waals surface area (Å²) in [4.78, 5) is 23.9. The topological polar surface area (TPSA) is 76.7 Å². The average molecular weight is 400 g/mol. The Balaban J connectivity index is 1.82. The summed E-state index contributed by atoms with van der Waals surface area (Å²) < 4.78 is 24.6. The fourth-order valence-electron chi connectivity index (χ4n) is 2.56. The SMILES string of the molecule is CCOc1cc(C=C2C(=O)NC(=S)NC2=O)ccc1OCc1cccc(F)c1. The van der Waals surface area contributed by atoms with Crippen LogP contribution in [-0.4, -0.2) is 23.5 Å². The molecule has 1 saturated heterocycles. The smallest absolute Gasteiger partial charge is 0.263 e. The summed E-state index contributed by atoms with van der Waals surface area (Å²) in [5, 5.41) is 4.74. The van der Waals surface area contributed by atoms with Crippen molar-refractivity contribution in [2.75, 3.05) is 6.61 Å². The van der Waals surface area contributed by atoms with E-state index in [2.05, 4.69) is 10.6 Å². The van der Waals surface area contributed by atoms with Crippen LogP contribution in [0.5, 0.6) is 11.5 Å². The van der Waals surface area contributed by atoms with Crippen LogP contribution in [-0.2, 0) is 16.2 Å². The molecule has 0 aromatic heterocycles. The molecule has 6 nitrogen and oxygen atoms in total. The third kappa shape index (κ3) is 4.72. The highest BCUT2D eigenvalue weighted by molar-refractivity contribution is 7.80. The van der Waals surface area contributed by atoms with Gasteiger partial charge in [0.15, 0.2) is 16.6 Å². The Morgan fingerprint density at radius 1 is 1.04 bits per heavy atom. The minimum Gasteiger partial charge on any atom is -0.490 e. The quantitative estimate of drug-likeness (QED) is 0.443. The van der Waals surface area contributed by atoms with Gasteiger partial charge in [-0.3, -0.25) is 20.2 Å². The minimum atomic E-state index is -0.571. The molecule has 2 N–H and O–H groups in total. The van der Waals surface area contributed by atoms with E-state index in [1.54, 1.807) is 30.3 Å². The number of hydrogen-bond acceptors (Lipinski definition) is 5. The maximum Gasteiger partial charge on any atom is 0.263 e. The van der Waals surface area contributed by atoms with Gasteiger partial charge in [-0.05, 0) is 60.6 Å². The first-order valence-corrected chi connectivity index (χ1v) is 8.89. The molecule has 0 bridgehead atoms. The number of thiocarbonyl (C=S) groups is 1. The summed E-state index contributed by atoms with van der Waals surface area (Å²) in [5.74, 6) is -0.569. The summed E-state index contributed by atoms with van der Waals surface area (Å²) in [6.45, 7) is 2.39. The molecule has 1 aliphatic rings. The van der Waals surface area contributed by atoms with Crippen LogP contribution in [0.3, 0.4) is 0 Å². The van der Waals surface area contributed by atoms with Crippen LogP contribution >= 0.6 is 12.2 Å². The van der Waals surface area contributed by atoms with Crippen LogP contribution < -0.4 is 20.1 Å². The Morgan fingerprint density at radius 3 is 2.46 bits per heavy atom. The number of halogens is 1. The standard InChI is InChI=1S/C20H17FN2O4S/c1-2-26-17-10-12(9-15-18(24)22-20(28)23-19(15)25)6-7-16(17)27-11-13-4-3-5-14(21)8-13/h3-10H,2,11H2,1H3,(H2,22,23,24,25,28). The molecule has 0 saturated carbocycles. The van der Waals surface area contributed by atoms with Gasteiger partial charge in [0.2, 0.25) is 0 Å². The number of nitrogens with one attached hydrogen (secondary N) is 2. The van der Waals surface area contributed by atoms with Crippen LogP contribution in [0.1, 0.15) is 18.1 Å². The zero-order chi connectivity index (χ0) is 20.1. The van der Waals surface area contributed by atoms with Crippen LogP contribution in [0.2, 0.25) is 0 Å². The summed E-state index contributed by atoms with van der Waals surface area (Å²) in [7, 11) is 0. The van der Waals surface area contributed by atoms with E-state index in [0.29, 0.717) is 29.2 Å². The van der Waals surface area contributed by atoms with Crippen molar-refractivity contribution in [3.63, 3.8) is 0 Å². The van der Waals surface area contributed by atoms with Gasteiger partial charge >= 0.3 is 0 Å². The molecule has 1 heterocycles. The second kappa shape index (κ2) is 8.62. The van der Waals surface area contributed by atoms with Crippen molar-refractivity contribution in [3.8, 4) is 11.5 Å². The predicted octanol–water partition coefficient (Wildman–Crippen LogP) is 2.72. The van der Waals surface area contributed by atoms with Gasteiger partial charge < -0.3 is 9.47 Å². The Morgan fingerprint density at radius 2 is 1.79 bits per heavy atom. The predicted molar refractivity (Wildman–Crippen MR) is 105 cm³/mol. The van der Waals surface area contributed by atoms with Crippen LogP contribution in [0.25, 0.3) is 6.08 Å². The van der Waals surface area contributed by atoms with Crippen molar-refractivity contribution in [2.45, 2.75) is 13.5 Å². The fourth-order valence-corrected chi connectivity index (χ4v) is 2.75. The van der Waals surface area contributed by atoms with Gasteiger partial charge in [0.25, 0.3) is 11.8 Å². The van der Waals surface area contributed by atoms with Crippen LogP contribution in [0.4, 0.5) is 4.39 Å². The third-order valence-electron chi connectivity index (χ3n) is 3.81. The van der Waals surface area contributed by atoms with Gasteiger partial charge in [0.1, 0.15) is 18.0 Å². The van der Waals surface area contributed by atoms with Gasteiger partial charge in [-0.1, -0.05) is 18.2 Å². The van der Waals surface area contributed by atoms with Crippen molar-refractivity contribution in [3.05, 3.63) is 65.0 Å². The zero-order valence-corrected chi connectivity index (χ0v) is 15.8. The number of benzene rings is 2.